The fourth-order valence-corrected chi connectivity index (χ4v) is 4.09. The van der Waals surface area contributed by atoms with Crippen molar-refractivity contribution in [2.24, 2.45) is 0 Å². The van der Waals surface area contributed by atoms with E-state index in [-0.39, 0.29) is 11.3 Å². The number of hydrogen-bond acceptors (Lipinski definition) is 3. The highest BCUT2D eigenvalue weighted by Crippen LogP contribution is 2.15. The molecular weight excluding hydrogens is 282 g/mol. The van der Waals surface area contributed by atoms with Crippen LogP contribution in [-0.4, -0.2) is 38.3 Å². The van der Waals surface area contributed by atoms with E-state index in [9.17, 15) is 8.42 Å². The first-order valence-electron chi connectivity index (χ1n) is 5.25. The summed E-state index contributed by atoms with van der Waals surface area (Å²) in [6.45, 7) is 3.08. The largest absolute Gasteiger partial charge is 0.381 e. The minimum absolute atomic E-state index is 0.00200. The summed E-state index contributed by atoms with van der Waals surface area (Å²) in [5, 5.41) is 0.380. The van der Waals surface area contributed by atoms with Gasteiger partial charge in [-0.3, -0.25) is 0 Å². The van der Waals surface area contributed by atoms with Crippen molar-refractivity contribution in [2.75, 3.05) is 18.5 Å². The van der Waals surface area contributed by atoms with E-state index in [1.54, 1.807) is 0 Å². The van der Waals surface area contributed by atoms with Crippen molar-refractivity contribution in [3.63, 3.8) is 0 Å². The van der Waals surface area contributed by atoms with Gasteiger partial charge in [0.25, 0.3) is 0 Å². The lowest BCUT2D eigenvalue weighted by molar-refractivity contribution is 0.0981. The number of ether oxygens (including phenoxy) is 1. The van der Waals surface area contributed by atoms with Crippen molar-refractivity contribution >= 4 is 26.0 Å². The Morgan fingerprint density at radius 2 is 2.07 bits per heavy atom. The molecule has 15 heavy (non-hydrogen) atoms. The second kappa shape index (κ2) is 6.18. The molecule has 1 fully saturated rings. The Labute approximate surface area is 99.9 Å². The highest BCUT2D eigenvalue weighted by molar-refractivity contribution is 9.09. The molecule has 4 nitrogen and oxygen atoms in total. The average Bonchev–Trinajstić information content (AvgIpc) is 2.27. The molecular formula is C9H18BrNO3S. The molecule has 0 aromatic carbocycles. The van der Waals surface area contributed by atoms with E-state index in [4.69, 9.17) is 4.74 Å². The normalized spacial score (nSPS) is 21.5. The van der Waals surface area contributed by atoms with Gasteiger partial charge in [0.1, 0.15) is 0 Å². The molecule has 0 aromatic rings. The minimum Gasteiger partial charge on any atom is -0.381 e. The summed E-state index contributed by atoms with van der Waals surface area (Å²) in [7, 11) is -3.17. The first-order chi connectivity index (χ1) is 7.10. The predicted molar refractivity (Wildman–Crippen MR) is 63.8 cm³/mol. The Kier molecular flexibility index (Phi) is 5.52. The molecule has 1 unspecified atom stereocenters. The summed E-state index contributed by atoms with van der Waals surface area (Å²) in [5.74, 6) is 0. The standard InChI is InChI=1S/C9H18BrNO3S/c1-2-8(7-10)11-15(12,13)9-3-5-14-6-4-9/h8-9,11H,2-7H2,1H3. The molecule has 0 bridgehead atoms. The lowest BCUT2D eigenvalue weighted by atomic mass is 10.2. The maximum Gasteiger partial charge on any atom is 0.214 e. The van der Waals surface area contributed by atoms with Gasteiger partial charge in [-0.25, -0.2) is 13.1 Å². The van der Waals surface area contributed by atoms with Gasteiger partial charge in [-0.1, -0.05) is 22.9 Å². The van der Waals surface area contributed by atoms with E-state index >= 15 is 0 Å². The molecule has 0 aromatic heterocycles. The van der Waals surface area contributed by atoms with Crippen LogP contribution in [0.1, 0.15) is 26.2 Å². The zero-order valence-corrected chi connectivity index (χ0v) is 11.3. The van der Waals surface area contributed by atoms with Gasteiger partial charge in [-0.2, -0.15) is 0 Å². The van der Waals surface area contributed by atoms with Gasteiger partial charge in [0, 0.05) is 24.6 Å². The molecule has 0 amide bonds. The zero-order chi connectivity index (χ0) is 11.3. The Hall–Kier alpha value is 0.350. The van der Waals surface area contributed by atoms with E-state index < -0.39 is 10.0 Å². The highest BCUT2D eigenvalue weighted by atomic mass is 79.9. The molecule has 1 heterocycles. The van der Waals surface area contributed by atoms with Crippen molar-refractivity contribution in [1.29, 1.82) is 0 Å². The lowest BCUT2D eigenvalue weighted by Crippen LogP contribution is -2.43. The third kappa shape index (κ3) is 4.01. The number of hydrogen-bond donors (Lipinski definition) is 1. The average molecular weight is 300 g/mol. The van der Waals surface area contributed by atoms with Crippen LogP contribution >= 0.6 is 15.9 Å². The summed E-state index contributed by atoms with van der Waals surface area (Å²) in [4.78, 5) is 0. The van der Waals surface area contributed by atoms with E-state index in [1.807, 2.05) is 6.92 Å². The van der Waals surface area contributed by atoms with E-state index in [0.29, 0.717) is 31.4 Å². The van der Waals surface area contributed by atoms with E-state index in [2.05, 4.69) is 20.7 Å². The number of nitrogens with one attached hydrogen (secondary N) is 1. The van der Waals surface area contributed by atoms with Crippen LogP contribution in [0.25, 0.3) is 0 Å². The lowest BCUT2D eigenvalue weighted by Gasteiger charge is -2.24. The second-order valence-corrected chi connectivity index (χ2v) is 6.37. The molecule has 1 N–H and O–H groups in total. The van der Waals surface area contributed by atoms with Crippen LogP contribution in [0.5, 0.6) is 0 Å². The maximum absolute atomic E-state index is 11.9. The van der Waals surface area contributed by atoms with Crippen LogP contribution in [0.4, 0.5) is 0 Å². The summed E-state index contributed by atoms with van der Waals surface area (Å²) in [5.41, 5.74) is 0. The van der Waals surface area contributed by atoms with Crippen LogP contribution < -0.4 is 4.72 Å². The summed E-state index contributed by atoms with van der Waals surface area (Å²) < 4.78 is 31.7. The van der Waals surface area contributed by atoms with Crippen LogP contribution in [0.2, 0.25) is 0 Å². The third-order valence-electron chi connectivity index (χ3n) is 2.62. The van der Waals surface area contributed by atoms with Gasteiger partial charge in [0.05, 0.1) is 5.25 Å². The molecule has 0 spiro atoms. The van der Waals surface area contributed by atoms with Gasteiger partial charge in [-0.05, 0) is 19.3 Å². The SMILES string of the molecule is CCC(CBr)NS(=O)(=O)C1CCOCC1. The molecule has 90 valence electrons. The molecule has 1 aliphatic heterocycles. The number of rotatable bonds is 5. The number of sulfonamides is 1. The van der Waals surface area contributed by atoms with Crippen LogP contribution in [0.15, 0.2) is 0 Å². The molecule has 0 radical (unpaired) electrons. The Morgan fingerprint density at radius 1 is 1.47 bits per heavy atom. The molecule has 1 atom stereocenters. The van der Waals surface area contributed by atoms with E-state index in [0.717, 1.165) is 6.42 Å². The summed E-state index contributed by atoms with van der Waals surface area (Å²) in [6, 6.07) is -0.00200. The predicted octanol–water partition coefficient (Wildman–Crippen LogP) is 1.26. The Balaban J connectivity index is 2.56. The molecule has 0 saturated carbocycles. The van der Waals surface area contributed by atoms with Crippen LogP contribution in [0.3, 0.4) is 0 Å². The Morgan fingerprint density at radius 3 is 2.53 bits per heavy atom. The first kappa shape index (κ1) is 13.4. The molecule has 1 saturated heterocycles. The quantitative estimate of drug-likeness (QED) is 0.778. The molecule has 0 aliphatic carbocycles. The fraction of sp³-hybridized carbons (Fsp3) is 1.00. The molecule has 6 heteroatoms. The molecule has 1 aliphatic rings. The van der Waals surface area contributed by atoms with Gasteiger partial charge in [0.2, 0.25) is 10.0 Å². The van der Waals surface area contributed by atoms with Gasteiger partial charge >= 0.3 is 0 Å². The van der Waals surface area contributed by atoms with Crippen molar-refractivity contribution in [3.05, 3.63) is 0 Å². The monoisotopic (exact) mass is 299 g/mol. The Bertz CT molecular complexity index is 271. The number of halogens is 1. The highest BCUT2D eigenvalue weighted by Gasteiger charge is 2.28. The first-order valence-corrected chi connectivity index (χ1v) is 7.91. The smallest absolute Gasteiger partial charge is 0.214 e. The van der Waals surface area contributed by atoms with Crippen molar-refractivity contribution in [2.45, 2.75) is 37.5 Å². The fourth-order valence-electron chi connectivity index (χ4n) is 1.54. The minimum atomic E-state index is -3.17. The topological polar surface area (TPSA) is 55.4 Å². The van der Waals surface area contributed by atoms with Crippen molar-refractivity contribution in [3.8, 4) is 0 Å². The third-order valence-corrected chi connectivity index (χ3v) is 5.41. The van der Waals surface area contributed by atoms with Crippen molar-refractivity contribution in [1.82, 2.24) is 4.72 Å². The van der Waals surface area contributed by atoms with Crippen molar-refractivity contribution < 1.29 is 13.2 Å². The molecule has 1 rings (SSSR count). The van der Waals surface area contributed by atoms with Gasteiger partial charge in [0.15, 0.2) is 0 Å². The second-order valence-electron chi connectivity index (χ2n) is 3.73. The zero-order valence-electron chi connectivity index (χ0n) is 8.91. The summed E-state index contributed by atoms with van der Waals surface area (Å²) >= 11 is 3.30. The maximum atomic E-state index is 11.9. The van der Waals surface area contributed by atoms with Gasteiger partial charge in [-0.15, -0.1) is 0 Å². The van der Waals surface area contributed by atoms with E-state index in [1.165, 1.54) is 0 Å². The summed E-state index contributed by atoms with van der Waals surface area (Å²) in [6.07, 6.45) is 2.01. The number of alkyl halides is 1. The van der Waals surface area contributed by atoms with Crippen LogP contribution in [-0.2, 0) is 14.8 Å². The van der Waals surface area contributed by atoms with Crippen LogP contribution in [0, 0.1) is 0 Å². The van der Waals surface area contributed by atoms with Gasteiger partial charge < -0.3 is 4.74 Å².